The number of rotatable bonds is 2. The molecule has 0 saturated carbocycles. The van der Waals surface area contributed by atoms with Gasteiger partial charge in [0.2, 0.25) is 0 Å². The van der Waals surface area contributed by atoms with Gasteiger partial charge in [-0.2, -0.15) is 0 Å². The number of benzene rings is 1. The average molecular weight is 232 g/mol. The van der Waals surface area contributed by atoms with Gasteiger partial charge in [-0.3, -0.25) is 0 Å². The fourth-order valence-corrected chi connectivity index (χ4v) is 1.68. The van der Waals surface area contributed by atoms with Gasteiger partial charge in [0.15, 0.2) is 0 Å². The third-order valence-electron chi connectivity index (χ3n) is 2.66. The molecule has 0 bridgehead atoms. The van der Waals surface area contributed by atoms with Crippen LogP contribution < -0.4 is 5.73 Å². The van der Waals surface area contributed by atoms with Crippen LogP contribution in [-0.2, 0) is 0 Å². The van der Waals surface area contributed by atoms with E-state index in [1.54, 1.807) is 37.4 Å². The van der Waals surface area contributed by atoms with E-state index in [1.165, 1.54) is 6.07 Å². The number of aromatic nitrogens is 1. The number of aliphatic hydroxyl groups excluding tert-OH is 1. The zero-order valence-corrected chi connectivity index (χ0v) is 9.39. The van der Waals surface area contributed by atoms with E-state index < -0.39 is 6.10 Å². The average Bonchev–Trinajstić information content (AvgIpc) is 2.32. The van der Waals surface area contributed by atoms with Gasteiger partial charge in [0, 0.05) is 11.8 Å². The minimum absolute atomic E-state index is 0.280. The lowest BCUT2D eigenvalue weighted by Crippen LogP contribution is -2.05. The van der Waals surface area contributed by atoms with Gasteiger partial charge >= 0.3 is 0 Å². The number of hydrogen-bond acceptors (Lipinski definition) is 3. The molecule has 0 saturated heterocycles. The van der Waals surface area contributed by atoms with Gasteiger partial charge in [-0.25, -0.2) is 9.37 Å². The molecule has 0 amide bonds. The zero-order chi connectivity index (χ0) is 12.4. The molecule has 0 aliphatic rings. The predicted octanol–water partition coefficient (Wildman–Crippen LogP) is 2.19. The van der Waals surface area contributed by atoms with E-state index in [2.05, 4.69) is 4.98 Å². The lowest BCUT2D eigenvalue weighted by Gasteiger charge is -2.13. The van der Waals surface area contributed by atoms with Crippen LogP contribution in [0, 0.1) is 12.7 Å². The first-order chi connectivity index (χ1) is 8.09. The van der Waals surface area contributed by atoms with Crippen molar-refractivity contribution >= 4 is 5.82 Å². The Labute approximate surface area is 98.7 Å². The molecule has 1 aromatic heterocycles. The van der Waals surface area contributed by atoms with Crippen molar-refractivity contribution in [1.29, 1.82) is 0 Å². The number of pyridine rings is 1. The monoisotopic (exact) mass is 232 g/mol. The summed E-state index contributed by atoms with van der Waals surface area (Å²) in [5.74, 6) is -0.0120. The number of aliphatic hydroxyl groups is 1. The Morgan fingerprint density at radius 1 is 1.35 bits per heavy atom. The molecule has 1 atom stereocenters. The van der Waals surface area contributed by atoms with Gasteiger partial charge in [-0.05, 0) is 30.2 Å². The Kier molecular flexibility index (Phi) is 3.06. The number of nitrogen functional groups attached to an aromatic ring is 1. The molecule has 2 aromatic rings. The molecular formula is C13H13FN2O. The summed E-state index contributed by atoms with van der Waals surface area (Å²) < 4.78 is 13.1. The molecule has 1 aromatic carbocycles. The minimum Gasteiger partial charge on any atom is -0.384 e. The number of hydrogen-bond donors (Lipinski definition) is 2. The van der Waals surface area contributed by atoms with Crippen LogP contribution in [0.2, 0.25) is 0 Å². The molecule has 4 heteroatoms. The van der Waals surface area contributed by atoms with E-state index in [1.807, 2.05) is 0 Å². The highest BCUT2D eigenvalue weighted by atomic mass is 19.1. The molecule has 0 aliphatic carbocycles. The van der Waals surface area contributed by atoms with Crippen molar-refractivity contribution in [2.45, 2.75) is 13.0 Å². The van der Waals surface area contributed by atoms with E-state index in [-0.39, 0.29) is 11.6 Å². The van der Waals surface area contributed by atoms with Crippen LogP contribution in [0.1, 0.15) is 22.8 Å². The molecule has 3 N–H and O–H groups in total. The fraction of sp³-hybridized carbons (Fsp3) is 0.154. The molecule has 3 nitrogen and oxygen atoms in total. The number of halogens is 1. The Morgan fingerprint density at radius 3 is 2.76 bits per heavy atom. The molecule has 0 aliphatic heterocycles. The second-order valence-electron chi connectivity index (χ2n) is 3.89. The maximum Gasteiger partial charge on any atom is 0.129 e. The topological polar surface area (TPSA) is 59.1 Å². The van der Waals surface area contributed by atoms with Crippen molar-refractivity contribution in [2.75, 3.05) is 5.73 Å². The van der Waals surface area contributed by atoms with Crippen LogP contribution in [-0.4, -0.2) is 10.1 Å². The van der Waals surface area contributed by atoms with Crippen LogP contribution in [0.3, 0.4) is 0 Å². The van der Waals surface area contributed by atoms with Crippen molar-refractivity contribution in [2.24, 2.45) is 0 Å². The smallest absolute Gasteiger partial charge is 0.129 e. The summed E-state index contributed by atoms with van der Waals surface area (Å²) >= 11 is 0. The quantitative estimate of drug-likeness (QED) is 0.834. The number of nitrogens with two attached hydrogens (primary N) is 1. The molecule has 1 unspecified atom stereocenters. The van der Waals surface area contributed by atoms with E-state index in [4.69, 9.17) is 5.73 Å². The second-order valence-corrected chi connectivity index (χ2v) is 3.89. The number of anilines is 1. The summed E-state index contributed by atoms with van der Waals surface area (Å²) in [7, 11) is 0. The molecule has 0 radical (unpaired) electrons. The lowest BCUT2D eigenvalue weighted by atomic mass is 10.0. The summed E-state index contributed by atoms with van der Waals surface area (Å²) in [4.78, 5) is 3.91. The first kappa shape index (κ1) is 11.5. The van der Waals surface area contributed by atoms with Crippen molar-refractivity contribution in [3.63, 3.8) is 0 Å². The van der Waals surface area contributed by atoms with Crippen LogP contribution in [0.25, 0.3) is 0 Å². The highest BCUT2D eigenvalue weighted by Gasteiger charge is 2.14. The third kappa shape index (κ3) is 2.26. The summed E-state index contributed by atoms with van der Waals surface area (Å²) in [5.41, 5.74) is 7.30. The van der Waals surface area contributed by atoms with Crippen LogP contribution in [0.5, 0.6) is 0 Å². The van der Waals surface area contributed by atoms with Gasteiger partial charge in [0.25, 0.3) is 0 Å². The highest BCUT2D eigenvalue weighted by molar-refractivity contribution is 5.44. The van der Waals surface area contributed by atoms with Gasteiger partial charge in [0.05, 0.1) is 0 Å². The standard InChI is InChI=1S/C13H13FN2O/c1-8-7-9(4-5-11(8)14)12(17)10-3-2-6-16-13(10)15/h2-7,12,17H,1H3,(H2,15,16). The summed E-state index contributed by atoms with van der Waals surface area (Å²) in [6.45, 7) is 1.65. The van der Waals surface area contributed by atoms with E-state index in [0.717, 1.165) is 0 Å². The lowest BCUT2D eigenvalue weighted by molar-refractivity contribution is 0.220. The Hall–Kier alpha value is -1.94. The van der Waals surface area contributed by atoms with E-state index in [9.17, 15) is 9.50 Å². The van der Waals surface area contributed by atoms with Crippen molar-refractivity contribution in [3.05, 3.63) is 59.0 Å². The molecule has 0 fully saturated rings. The normalized spacial score (nSPS) is 12.4. The SMILES string of the molecule is Cc1cc(C(O)c2cccnc2N)ccc1F. The number of aryl methyl sites for hydroxylation is 1. The van der Waals surface area contributed by atoms with E-state index in [0.29, 0.717) is 16.7 Å². The van der Waals surface area contributed by atoms with Gasteiger partial charge in [-0.1, -0.05) is 18.2 Å². The molecule has 88 valence electrons. The van der Waals surface area contributed by atoms with Crippen LogP contribution in [0.4, 0.5) is 10.2 Å². The van der Waals surface area contributed by atoms with Crippen molar-refractivity contribution in [1.82, 2.24) is 4.98 Å². The van der Waals surface area contributed by atoms with Crippen LogP contribution in [0.15, 0.2) is 36.5 Å². The first-order valence-electron chi connectivity index (χ1n) is 5.24. The van der Waals surface area contributed by atoms with Crippen LogP contribution >= 0.6 is 0 Å². The van der Waals surface area contributed by atoms with Gasteiger partial charge < -0.3 is 10.8 Å². The van der Waals surface area contributed by atoms with Gasteiger partial charge in [0.1, 0.15) is 17.7 Å². The number of nitrogens with zero attached hydrogens (tertiary/aromatic N) is 1. The Bertz CT molecular complexity index is 543. The zero-order valence-electron chi connectivity index (χ0n) is 9.39. The summed E-state index contributed by atoms with van der Waals surface area (Å²) in [5, 5.41) is 10.1. The molecular weight excluding hydrogens is 219 g/mol. The van der Waals surface area contributed by atoms with E-state index >= 15 is 0 Å². The molecule has 1 heterocycles. The Balaban J connectivity index is 2.40. The third-order valence-corrected chi connectivity index (χ3v) is 2.66. The summed E-state index contributed by atoms with van der Waals surface area (Å²) in [6, 6.07) is 7.88. The highest BCUT2D eigenvalue weighted by Crippen LogP contribution is 2.26. The Morgan fingerprint density at radius 2 is 2.12 bits per heavy atom. The van der Waals surface area contributed by atoms with Crippen molar-refractivity contribution < 1.29 is 9.50 Å². The molecule has 17 heavy (non-hydrogen) atoms. The minimum atomic E-state index is -0.886. The fourth-order valence-electron chi connectivity index (χ4n) is 1.68. The second kappa shape index (κ2) is 4.51. The molecule has 2 rings (SSSR count). The molecule has 0 spiro atoms. The largest absolute Gasteiger partial charge is 0.384 e. The first-order valence-corrected chi connectivity index (χ1v) is 5.24. The summed E-state index contributed by atoms with van der Waals surface area (Å²) in [6.07, 6.45) is 0.671. The maximum atomic E-state index is 13.1. The van der Waals surface area contributed by atoms with Crippen molar-refractivity contribution in [3.8, 4) is 0 Å². The maximum absolute atomic E-state index is 13.1. The van der Waals surface area contributed by atoms with Gasteiger partial charge in [-0.15, -0.1) is 0 Å². The predicted molar refractivity (Wildman–Crippen MR) is 63.8 cm³/mol.